The summed E-state index contributed by atoms with van der Waals surface area (Å²) in [6.45, 7) is 2.66. The van der Waals surface area contributed by atoms with Gasteiger partial charge in [0.1, 0.15) is 5.75 Å². The highest BCUT2D eigenvalue weighted by Gasteiger charge is 2.38. The number of ether oxygens (including phenoxy) is 1. The molecule has 0 aliphatic carbocycles. The Bertz CT molecular complexity index is 1120. The van der Waals surface area contributed by atoms with Crippen molar-refractivity contribution in [1.82, 2.24) is 4.31 Å². The minimum atomic E-state index is -3.68. The number of carbonyl (C=O) groups excluding carboxylic acids is 1. The van der Waals surface area contributed by atoms with Gasteiger partial charge >= 0.3 is 0 Å². The van der Waals surface area contributed by atoms with Crippen LogP contribution in [0.1, 0.15) is 25.3 Å². The zero-order valence-electron chi connectivity index (χ0n) is 17.3. The second-order valence-electron chi connectivity index (χ2n) is 8.01. The van der Waals surface area contributed by atoms with Crippen molar-refractivity contribution >= 4 is 49.1 Å². The Kier molecular flexibility index (Phi) is 6.36. The molecule has 2 aliphatic heterocycles. The first kappa shape index (κ1) is 22.6. The van der Waals surface area contributed by atoms with Crippen LogP contribution in [0.5, 0.6) is 5.75 Å². The molecule has 31 heavy (non-hydrogen) atoms. The summed E-state index contributed by atoms with van der Waals surface area (Å²) in [5.41, 5.74) is 2.12. The van der Waals surface area contributed by atoms with Gasteiger partial charge in [-0.2, -0.15) is 4.31 Å². The Balaban J connectivity index is 1.46. The third kappa shape index (κ3) is 4.23. The lowest BCUT2D eigenvalue weighted by atomic mass is 9.96. The Morgan fingerprint density at radius 2 is 1.87 bits per heavy atom. The van der Waals surface area contributed by atoms with Crippen LogP contribution in [0, 0.1) is 5.92 Å². The number of anilines is 1. The summed E-state index contributed by atoms with van der Waals surface area (Å²) < 4.78 is 33.6. The molecule has 1 unspecified atom stereocenters. The molecular formula is C22H24BrClN2O4S. The van der Waals surface area contributed by atoms with E-state index in [1.807, 2.05) is 17.0 Å². The molecule has 166 valence electrons. The Hall–Kier alpha value is -1.61. The number of piperidine rings is 1. The van der Waals surface area contributed by atoms with Gasteiger partial charge in [0.05, 0.1) is 17.0 Å². The summed E-state index contributed by atoms with van der Waals surface area (Å²) in [5.74, 6) is 0.318. The number of carbonyl (C=O) groups is 1. The van der Waals surface area contributed by atoms with E-state index in [0.717, 1.165) is 22.1 Å². The number of methoxy groups -OCH3 is 1. The summed E-state index contributed by atoms with van der Waals surface area (Å²) in [6.07, 6.45) is 1.82. The smallest absolute Gasteiger partial charge is 0.243 e. The summed E-state index contributed by atoms with van der Waals surface area (Å²) in [7, 11) is -2.20. The molecule has 0 aromatic heterocycles. The molecular weight excluding hydrogens is 504 g/mol. The third-order valence-electron chi connectivity index (χ3n) is 6.06. The number of amides is 1. The summed E-state index contributed by atoms with van der Waals surface area (Å²) in [5, 5.41) is 0.252. The molecule has 2 aromatic carbocycles. The maximum atomic E-state index is 13.3. The minimum Gasteiger partial charge on any atom is -0.495 e. The van der Waals surface area contributed by atoms with E-state index in [2.05, 4.69) is 28.9 Å². The quantitative estimate of drug-likeness (QED) is 0.588. The van der Waals surface area contributed by atoms with E-state index in [4.69, 9.17) is 16.3 Å². The van der Waals surface area contributed by atoms with Gasteiger partial charge in [-0.15, -0.1) is 0 Å². The standard InChI is InChI=1S/C22H24BrClN2O4S/c1-14-11-16-12-17(23)3-5-20(16)26(14)22(27)15-7-9-25(10-8-15)31(28,29)18-4-6-21(30-2)19(24)13-18/h3-6,12-15H,7-11H2,1-2H3. The molecule has 4 rings (SSSR count). The number of fused-ring (bicyclic) bond motifs is 1. The molecule has 2 aliphatic rings. The van der Waals surface area contributed by atoms with Gasteiger partial charge in [-0.3, -0.25) is 4.79 Å². The molecule has 9 heteroatoms. The SMILES string of the molecule is COc1ccc(S(=O)(=O)N2CCC(C(=O)N3c4ccc(Br)cc4CC3C)CC2)cc1Cl. The lowest BCUT2D eigenvalue weighted by Crippen LogP contribution is -2.46. The average molecular weight is 528 g/mol. The first-order chi connectivity index (χ1) is 14.7. The van der Waals surface area contributed by atoms with E-state index in [0.29, 0.717) is 31.7 Å². The maximum absolute atomic E-state index is 13.3. The van der Waals surface area contributed by atoms with Crippen LogP contribution in [0.15, 0.2) is 45.8 Å². The number of benzene rings is 2. The van der Waals surface area contributed by atoms with Crippen molar-refractivity contribution in [2.75, 3.05) is 25.1 Å². The number of hydrogen-bond donors (Lipinski definition) is 0. The van der Waals surface area contributed by atoms with Crippen LogP contribution in [0.2, 0.25) is 5.02 Å². The van der Waals surface area contributed by atoms with Crippen LogP contribution >= 0.6 is 27.5 Å². The van der Waals surface area contributed by atoms with Crippen LogP contribution in [0.4, 0.5) is 5.69 Å². The van der Waals surface area contributed by atoms with Gasteiger partial charge in [0.2, 0.25) is 15.9 Å². The summed E-state index contributed by atoms with van der Waals surface area (Å²) in [6, 6.07) is 10.6. The summed E-state index contributed by atoms with van der Waals surface area (Å²) in [4.78, 5) is 15.3. The van der Waals surface area contributed by atoms with Crippen molar-refractivity contribution in [3.8, 4) is 5.75 Å². The average Bonchev–Trinajstić information content (AvgIpc) is 3.07. The van der Waals surface area contributed by atoms with Gasteiger partial charge in [-0.1, -0.05) is 27.5 Å². The molecule has 1 atom stereocenters. The lowest BCUT2D eigenvalue weighted by molar-refractivity contribution is -0.123. The Morgan fingerprint density at radius 3 is 2.52 bits per heavy atom. The molecule has 1 amide bonds. The van der Waals surface area contributed by atoms with Gasteiger partial charge in [0, 0.05) is 35.2 Å². The minimum absolute atomic E-state index is 0.0816. The lowest BCUT2D eigenvalue weighted by Gasteiger charge is -2.34. The van der Waals surface area contributed by atoms with E-state index in [-0.39, 0.29) is 27.8 Å². The van der Waals surface area contributed by atoms with Gasteiger partial charge in [0.15, 0.2) is 0 Å². The number of rotatable bonds is 4. The van der Waals surface area contributed by atoms with E-state index in [1.165, 1.54) is 23.5 Å². The van der Waals surface area contributed by atoms with Crippen LogP contribution in [-0.4, -0.2) is 44.9 Å². The molecule has 1 saturated heterocycles. The van der Waals surface area contributed by atoms with E-state index in [1.54, 1.807) is 6.07 Å². The number of sulfonamides is 1. The van der Waals surface area contributed by atoms with Crippen molar-refractivity contribution in [2.24, 2.45) is 5.92 Å². The van der Waals surface area contributed by atoms with Gasteiger partial charge in [-0.25, -0.2) is 8.42 Å². The maximum Gasteiger partial charge on any atom is 0.243 e. The predicted molar refractivity (Wildman–Crippen MR) is 124 cm³/mol. The molecule has 0 saturated carbocycles. The molecule has 2 aromatic rings. The van der Waals surface area contributed by atoms with Crippen LogP contribution < -0.4 is 9.64 Å². The molecule has 2 heterocycles. The summed E-state index contributed by atoms with van der Waals surface area (Å²) >= 11 is 9.61. The second kappa shape index (κ2) is 8.73. The predicted octanol–water partition coefficient (Wildman–Crippen LogP) is 4.49. The van der Waals surface area contributed by atoms with Crippen molar-refractivity contribution < 1.29 is 17.9 Å². The highest BCUT2D eigenvalue weighted by Crippen LogP contribution is 2.37. The van der Waals surface area contributed by atoms with Crippen molar-refractivity contribution in [2.45, 2.75) is 37.1 Å². The first-order valence-corrected chi connectivity index (χ1v) is 12.8. The molecule has 0 bridgehead atoms. The van der Waals surface area contributed by atoms with Crippen LogP contribution in [-0.2, 0) is 21.2 Å². The second-order valence-corrected chi connectivity index (χ2v) is 11.3. The first-order valence-electron chi connectivity index (χ1n) is 10.2. The fourth-order valence-corrected chi connectivity index (χ4v) is 6.66. The number of hydrogen-bond acceptors (Lipinski definition) is 4. The number of nitrogens with zero attached hydrogens (tertiary/aromatic N) is 2. The largest absolute Gasteiger partial charge is 0.495 e. The monoisotopic (exact) mass is 526 g/mol. The molecule has 0 spiro atoms. The topological polar surface area (TPSA) is 66.9 Å². The third-order valence-corrected chi connectivity index (χ3v) is 8.74. The van der Waals surface area contributed by atoms with E-state index >= 15 is 0 Å². The van der Waals surface area contributed by atoms with E-state index < -0.39 is 10.0 Å². The zero-order chi connectivity index (χ0) is 22.3. The van der Waals surface area contributed by atoms with Gasteiger partial charge in [0.25, 0.3) is 0 Å². The van der Waals surface area contributed by atoms with Gasteiger partial charge in [-0.05, 0) is 68.1 Å². The molecule has 6 nitrogen and oxygen atoms in total. The molecule has 1 fully saturated rings. The van der Waals surface area contributed by atoms with Gasteiger partial charge < -0.3 is 9.64 Å². The van der Waals surface area contributed by atoms with Crippen molar-refractivity contribution in [3.05, 3.63) is 51.5 Å². The fourth-order valence-electron chi connectivity index (χ4n) is 4.43. The Morgan fingerprint density at radius 1 is 1.16 bits per heavy atom. The van der Waals surface area contributed by atoms with Crippen molar-refractivity contribution in [3.63, 3.8) is 0 Å². The molecule has 0 radical (unpaired) electrons. The normalized spacial score (nSPS) is 20.0. The van der Waals surface area contributed by atoms with Crippen LogP contribution in [0.25, 0.3) is 0 Å². The highest BCUT2D eigenvalue weighted by molar-refractivity contribution is 9.10. The zero-order valence-corrected chi connectivity index (χ0v) is 20.5. The highest BCUT2D eigenvalue weighted by atomic mass is 79.9. The van der Waals surface area contributed by atoms with E-state index in [9.17, 15) is 13.2 Å². The fraction of sp³-hybridized carbons (Fsp3) is 0.409. The van der Waals surface area contributed by atoms with Crippen molar-refractivity contribution in [1.29, 1.82) is 0 Å². The number of halogens is 2. The van der Waals surface area contributed by atoms with Crippen LogP contribution in [0.3, 0.4) is 0 Å². The Labute approximate surface area is 196 Å². The molecule has 0 N–H and O–H groups in total.